The van der Waals surface area contributed by atoms with Crippen molar-refractivity contribution in [3.8, 4) is 0 Å². The third-order valence-electron chi connectivity index (χ3n) is 3.46. The third-order valence-corrected chi connectivity index (χ3v) is 3.46. The second-order valence-corrected chi connectivity index (χ2v) is 4.88. The van der Waals surface area contributed by atoms with Gasteiger partial charge in [-0.1, -0.05) is 0 Å². The number of rotatable bonds is 5. The molecule has 1 aromatic heterocycles. The predicted molar refractivity (Wildman–Crippen MR) is 85.0 cm³/mol. The molecule has 6 nitrogen and oxygen atoms in total. The summed E-state index contributed by atoms with van der Waals surface area (Å²) in [6.07, 6.45) is 1.47. The molecule has 21 heavy (non-hydrogen) atoms. The molecule has 112 valence electrons. The first-order chi connectivity index (χ1) is 10.1. The average Bonchev–Trinajstić information content (AvgIpc) is 2.48. The van der Waals surface area contributed by atoms with Crippen molar-refractivity contribution in [2.24, 2.45) is 0 Å². The highest BCUT2D eigenvalue weighted by molar-refractivity contribution is 5.93. The minimum atomic E-state index is -0.347. The number of benzene rings is 1. The molecule has 2 aromatic rings. The number of nitrogens with zero attached hydrogens (tertiary/aromatic N) is 3. The number of hydrogen-bond donors (Lipinski definition) is 2. The molecule has 1 aromatic carbocycles. The Morgan fingerprint density at radius 2 is 2.05 bits per heavy atom. The number of aromatic nitrogens is 2. The number of carbonyl (C=O) groups is 1. The largest absolute Gasteiger partial charge is 0.399 e. The molecule has 1 amide bonds. The lowest BCUT2D eigenvalue weighted by molar-refractivity contribution is -0.131. The molecule has 0 bridgehead atoms. The summed E-state index contributed by atoms with van der Waals surface area (Å²) in [6, 6.07) is 5.11. The fraction of sp³-hybridized carbons (Fsp3) is 0.400. The normalized spacial score (nSPS) is 12.1. The summed E-state index contributed by atoms with van der Waals surface area (Å²) in [5.41, 5.74) is 7.17. The van der Waals surface area contributed by atoms with E-state index in [1.54, 1.807) is 17.0 Å². The van der Waals surface area contributed by atoms with Gasteiger partial charge in [0, 0.05) is 24.2 Å². The average molecular weight is 287 g/mol. The van der Waals surface area contributed by atoms with E-state index < -0.39 is 0 Å². The van der Waals surface area contributed by atoms with E-state index in [9.17, 15) is 4.79 Å². The van der Waals surface area contributed by atoms with Gasteiger partial charge in [-0.05, 0) is 39.0 Å². The molecule has 0 saturated heterocycles. The van der Waals surface area contributed by atoms with Crippen molar-refractivity contribution < 1.29 is 4.79 Å². The molecule has 1 unspecified atom stereocenters. The standard InChI is InChI=1S/C15H21N5O/c1-4-20(5-2)15(21)10(3)19-14-12-7-6-11(16)8-13(12)17-9-18-14/h6-10H,4-5,16H2,1-3H3,(H,17,18,19). The first kappa shape index (κ1) is 15.0. The van der Waals surface area contributed by atoms with Crippen molar-refractivity contribution in [2.45, 2.75) is 26.8 Å². The number of amides is 1. The summed E-state index contributed by atoms with van der Waals surface area (Å²) in [7, 11) is 0. The van der Waals surface area contributed by atoms with Crippen LogP contribution in [0.25, 0.3) is 10.9 Å². The molecule has 0 aliphatic carbocycles. The number of nitrogen functional groups attached to an aromatic ring is 1. The van der Waals surface area contributed by atoms with E-state index in [1.165, 1.54) is 6.33 Å². The molecular weight excluding hydrogens is 266 g/mol. The highest BCUT2D eigenvalue weighted by atomic mass is 16.2. The van der Waals surface area contributed by atoms with Gasteiger partial charge in [0.2, 0.25) is 5.91 Å². The zero-order chi connectivity index (χ0) is 15.4. The van der Waals surface area contributed by atoms with E-state index in [1.807, 2.05) is 26.8 Å². The summed E-state index contributed by atoms with van der Waals surface area (Å²) in [6.45, 7) is 7.17. The zero-order valence-corrected chi connectivity index (χ0v) is 12.6. The van der Waals surface area contributed by atoms with Gasteiger partial charge >= 0.3 is 0 Å². The third kappa shape index (κ3) is 3.21. The topological polar surface area (TPSA) is 84.1 Å². The van der Waals surface area contributed by atoms with Crippen LogP contribution < -0.4 is 11.1 Å². The lowest BCUT2D eigenvalue weighted by atomic mass is 10.2. The lowest BCUT2D eigenvalue weighted by Crippen LogP contribution is -2.41. The molecule has 0 radical (unpaired) electrons. The predicted octanol–water partition coefficient (Wildman–Crippen LogP) is 1.88. The number of carbonyl (C=O) groups excluding carboxylic acids is 1. The lowest BCUT2D eigenvalue weighted by Gasteiger charge is -2.24. The number of anilines is 2. The Morgan fingerprint density at radius 3 is 2.71 bits per heavy atom. The van der Waals surface area contributed by atoms with Gasteiger partial charge in [0.05, 0.1) is 5.52 Å². The minimum Gasteiger partial charge on any atom is -0.399 e. The Morgan fingerprint density at radius 1 is 1.33 bits per heavy atom. The van der Waals surface area contributed by atoms with Crippen molar-refractivity contribution in [2.75, 3.05) is 24.1 Å². The van der Waals surface area contributed by atoms with Crippen molar-refractivity contribution in [1.29, 1.82) is 0 Å². The van der Waals surface area contributed by atoms with Crippen LogP contribution in [0.2, 0.25) is 0 Å². The monoisotopic (exact) mass is 287 g/mol. The quantitative estimate of drug-likeness (QED) is 0.820. The molecule has 0 saturated carbocycles. The number of fused-ring (bicyclic) bond motifs is 1. The van der Waals surface area contributed by atoms with Gasteiger partial charge in [-0.25, -0.2) is 9.97 Å². The van der Waals surface area contributed by atoms with Gasteiger partial charge in [0.1, 0.15) is 18.2 Å². The molecular formula is C15H21N5O. The van der Waals surface area contributed by atoms with Crippen LogP contribution >= 0.6 is 0 Å². The summed E-state index contributed by atoms with van der Waals surface area (Å²) in [5.74, 6) is 0.704. The van der Waals surface area contributed by atoms with Crippen LogP contribution in [0.1, 0.15) is 20.8 Å². The fourth-order valence-electron chi connectivity index (χ4n) is 2.27. The molecule has 2 rings (SSSR count). The van der Waals surface area contributed by atoms with E-state index >= 15 is 0 Å². The highest BCUT2D eigenvalue weighted by Gasteiger charge is 2.19. The van der Waals surface area contributed by atoms with Gasteiger partial charge < -0.3 is 16.0 Å². The Labute approximate surface area is 124 Å². The smallest absolute Gasteiger partial charge is 0.244 e. The van der Waals surface area contributed by atoms with E-state index in [4.69, 9.17) is 5.73 Å². The SMILES string of the molecule is CCN(CC)C(=O)C(C)Nc1ncnc2cc(N)ccc12. The molecule has 6 heteroatoms. The van der Waals surface area contributed by atoms with E-state index in [0.29, 0.717) is 24.6 Å². The zero-order valence-electron chi connectivity index (χ0n) is 12.6. The Bertz CT molecular complexity index is 639. The van der Waals surface area contributed by atoms with Gasteiger partial charge in [-0.3, -0.25) is 4.79 Å². The number of likely N-dealkylation sites (N-methyl/N-ethyl adjacent to an activating group) is 1. The van der Waals surface area contributed by atoms with E-state index in [-0.39, 0.29) is 11.9 Å². The summed E-state index contributed by atoms with van der Waals surface area (Å²) >= 11 is 0. The van der Waals surface area contributed by atoms with Gasteiger partial charge in [-0.15, -0.1) is 0 Å². The van der Waals surface area contributed by atoms with Crippen molar-refractivity contribution in [3.63, 3.8) is 0 Å². The summed E-state index contributed by atoms with van der Waals surface area (Å²) in [5, 5.41) is 4.02. The van der Waals surface area contributed by atoms with Gasteiger partial charge in [0.25, 0.3) is 0 Å². The Kier molecular flexibility index (Phi) is 4.57. The first-order valence-electron chi connectivity index (χ1n) is 7.12. The van der Waals surface area contributed by atoms with Crippen molar-refractivity contribution >= 4 is 28.3 Å². The second kappa shape index (κ2) is 6.39. The van der Waals surface area contributed by atoms with Crippen LogP contribution in [0, 0.1) is 0 Å². The minimum absolute atomic E-state index is 0.0576. The van der Waals surface area contributed by atoms with Gasteiger partial charge in [0.15, 0.2) is 0 Å². The molecule has 3 N–H and O–H groups in total. The Hall–Kier alpha value is -2.37. The number of nitrogens with one attached hydrogen (secondary N) is 1. The van der Waals surface area contributed by atoms with Crippen LogP contribution in [0.15, 0.2) is 24.5 Å². The molecule has 0 aliphatic heterocycles. The molecule has 1 heterocycles. The van der Waals surface area contributed by atoms with Crippen LogP contribution in [0.4, 0.5) is 11.5 Å². The van der Waals surface area contributed by atoms with Crippen LogP contribution in [0.5, 0.6) is 0 Å². The van der Waals surface area contributed by atoms with Crippen molar-refractivity contribution in [3.05, 3.63) is 24.5 Å². The van der Waals surface area contributed by atoms with Crippen molar-refractivity contribution in [1.82, 2.24) is 14.9 Å². The second-order valence-electron chi connectivity index (χ2n) is 4.88. The highest BCUT2D eigenvalue weighted by Crippen LogP contribution is 2.21. The van der Waals surface area contributed by atoms with Gasteiger partial charge in [-0.2, -0.15) is 0 Å². The van der Waals surface area contributed by atoms with Crippen LogP contribution in [-0.2, 0) is 4.79 Å². The molecule has 0 aliphatic rings. The molecule has 1 atom stereocenters. The fourth-order valence-corrected chi connectivity index (χ4v) is 2.27. The maximum Gasteiger partial charge on any atom is 0.244 e. The number of nitrogens with two attached hydrogens (primary N) is 1. The van der Waals surface area contributed by atoms with Crippen LogP contribution in [0.3, 0.4) is 0 Å². The molecule has 0 fully saturated rings. The maximum atomic E-state index is 12.3. The van der Waals surface area contributed by atoms with E-state index in [2.05, 4.69) is 15.3 Å². The summed E-state index contributed by atoms with van der Waals surface area (Å²) in [4.78, 5) is 22.5. The number of hydrogen-bond acceptors (Lipinski definition) is 5. The summed E-state index contributed by atoms with van der Waals surface area (Å²) < 4.78 is 0. The van der Waals surface area contributed by atoms with E-state index in [0.717, 1.165) is 10.9 Å². The first-order valence-corrected chi connectivity index (χ1v) is 7.12. The molecule has 0 spiro atoms. The maximum absolute atomic E-state index is 12.3. The van der Waals surface area contributed by atoms with Crippen LogP contribution in [-0.4, -0.2) is 39.9 Å². The Balaban J connectivity index is 2.25.